The maximum atomic E-state index is 11.9. The van der Waals surface area contributed by atoms with Crippen LogP contribution >= 0.6 is 27.3 Å². The number of alkyl halides is 1. The number of fused-ring (bicyclic) bond motifs is 1. The van der Waals surface area contributed by atoms with E-state index in [2.05, 4.69) is 31.0 Å². The van der Waals surface area contributed by atoms with Crippen LogP contribution in [0.3, 0.4) is 0 Å². The number of methoxy groups -OCH3 is 1. The van der Waals surface area contributed by atoms with Crippen molar-refractivity contribution in [3.8, 4) is 0 Å². The molecule has 1 aromatic heterocycles. The van der Waals surface area contributed by atoms with Crippen molar-refractivity contribution in [1.82, 2.24) is 4.98 Å². The zero-order valence-corrected chi connectivity index (χ0v) is 14.1. The summed E-state index contributed by atoms with van der Waals surface area (Å²) in [7, 11) is 1.34. The Bertz CT molecular complexity index is 671. The van der Waals surface area contributed by atoms with Crippen molar-refractivity contribution < 1.29 is 14.3 Å². The first-order valence-electron chi connectivity index (χ1n) is 6.49. The van der Waals surface area contributed by atoms with Crippen molar-refractivity contribution in [2.24, 2.45) is 0 Å². The van der Waals surface area contributed by atoms with E-state index in [0.29, 0.717) is 10.7 Å². The molecule has 0 bridgehead atoms. The minimum Gasteiger partial charge on any atom is -0.465 e. The molecule has 1 amide bonds. The number of nitrogens with one attached hydrogen (secondary N) is 1. The van der Waals surface area contributed by atoms with Crippen LogP contribution in [0.15, 0.2) is 18.2 Å². The van der Waals surface area contributed by atoms with Gasteiger partial charge < -0.3 is 10.1 Å². The first kappa shape index (κ1) is 15.9. The normalized spacial score (nSPS) is 12.1. The number of nitrogens with zero attached hydrogens (tertiary/aromatic N) is 1. The average molecular weight is 371 g/mol. The maximum absolute atomic E-state index is 11.9. The van der Waals surface area contributed by atoms with E-state index >= 15 is 0 Å². The zero-order valence-electron chi connectivity index (χ0n) is 11.7. The Balaban J connectivity index is 2.19. The van der Waals surface area contributed by atoms with Gasteiger partial charge in [0.2, 0.25) is 5.91 Å². The lowest BCUT2D eigenvalue weighted by molar-refractivity contribution is -0.115. The lowest BCUT2D eigenvalue weighted by atomic mass is 10.2. The standard InChI is InChI=1S/C14H15BrN2O3S/c1-3-4-9(15)12(18)17-14-16-10-6-5-8(13(19)20-2)7-11(10)21-14/h5-7,9H,3-4H2,1-2H3,(H,16,17,18)/t9-/m1/s1. The second-order valence-electron chi connectivity index (χ2n) is 4.44. The number of rotatable bonds is 5. The molecule has 1 atom stereocenters. The molecule has 0 saturated heterocycles. The van der Waals surface area contributed by atoms with Crippen LogP contribution < -0.4 is 5.32 Å². The van der Waals surface area contributed by atoms with E-state index in [0.717, 1.165) is 23.1 Å². The molecule has 21 heavy (non-hydrogen) atoms. The van der Waals surface area contributed by atoms with Crippen LogP contribution in [0, 0.1) is 0 Å². The minimum absolute atomic E-state index is 0.107. The van der Waals surface area contributed by atoms with Gasteiger partial charge in [-0.25, -0.2) is 9.78 Å². The van der Waals surface area contributed by atoms with Gasteiger partial charge in [0, 0.05) is 0 Å². The van der Waals surface area contributed by atoms with Crippen LogP contribution in [0.2, 0.25) is 0 Å². The highest BCUT2D eigenvalue weighted by molar-refractivity contribution is 9.10. The number of benzene rings is 1. The van der Waals surface area contributed by atoms with Crippen LogP contribution in [-0.4, -0.2) is 28.8 Å². The van der Waals surface area contributed by atoms with E-state index < -0.39 is 0 Å². The summed E-state index contributed by atoms with van der Waals surface area (Å²) < 4.78 is 5.51. The number of carbonyl (C=O) groups is 2. The Hall–Kier alpha value is -1.47. The van der Waals surface area contributed by atoms with Gasteiger partial charge in [0.1, 0.15) is 0 Å². The lowest BCUT2D eigenvalue weighted by Crippen LogP contribution is -2.22. The molecule has 0 radical (unpaired) electrons. The Morgan fingerprint density at radius 1 is 1.48 bits per heavy atom. The van der Waals surface area contributed by atoms with Crippen molar-refractivity contribution in [2.45, 2.75) is 24.6 Å². The molecule has 1 N–H and O–H groups in total. The van der Waals surface area contributed by atoms with Gasteiger partial charge >= 0.3 is 5.97 Å². The Morgan fingerprint density at radius 2 is 2.24 bits per heavy atom. The van der Waals surface area contributed by atoms with Gasteiger partial charge in [-0.2, -0.15) is 0 Å². The third-order valence-electron chi connectivity index (χ3n) is 2.87. The van der Waals surface area contributed by atoms with Crippen molar-refractivity contribution in [3.05, 3.63) is 23.8 Å². The van der Waals surface area contributed by atoms with Gasteiger partial charge in [0.15, 0.2) is 5.13 Å². The van der Waals surface area contributed by atoms with Gasteiger partial charge in [-0.05, 0) is 24.6 Å². The fraction of sp³-hybridized carbons (Fsp3) is 0.357. The van der Waals surface area contributed by atoms with Crippen LogP contribution in [0.4, 0.5) is 5.13 Å². The predicted octanol–water partition coefficient (Wildman–Crippen LogP) is 3.59. The molecular weight excluding hydrogens is 356 g/mol. The fourth-order valence-corrected chi connectivity index (χ4v) is 3.27. The Labute approximate surface area is 134 Å². The third kappa shape index (κ3) is 3.79. The smallest absolute Gasteiger partial charge is 0.337 e. The van der Waals surface area contributed by atoms with Crippen LogP contribution in [-0.2, 0) is 9.53 Å². The number of thiazole rings is 1. The Morgan fingerprint density at radius 3 is 2.90 bits per heavy atom. The summed E-state index contributed by atoms with van der Waals surface area (Å²) in [6.07, 6.45) is 1.69. The maximum Gasteiger partial charge on any atom is 0.337 e. The molecule has 112 valence electrons. The molecule has 0 unspecified atom stereocenters. The van der Waals surface area contributed by atoms with E-state index in [1.165, 1.54) is 18.4 Å². The predicted molar refractivity (Wildman–Crippen MR) is 87.2 cm³/mol. The number of esters is 1. The minimum atomic E-state index is -0.389. The van der Waals surface area contributed by atoms with E-state index in [1.807, 2.05) is 6.92 Å². The van der Waals surface area contributed by atoms with Crippen LogP contribution in [0.25, 0.3) is 10.2 Å². The largest absolute Gasteiger partial charge is 0.465 e. The molecule has 1 aromatic carbocycles. The van der Waals surface area contributed by atoms with Crippen LogP contribution in [0.5, 0.6) is 0 Å². The number of hydrogen-bond acceptors (Lipinski definition) is 5. The van der Waals surface area contributed by atoms with Gasteiger partial charge in [-0.15, -0.1) is 0 Å². The van der Waals surface area contributed by atoms with E-state index in [1.54, 1.807) is 18.2 Å². The first-order chi connectivity index (χ1) is 10.0. The van der Waals surface area contributed by atoms with E-state index in [-0.39, 0.29) is 16.7 Å². The molecule has 0 fully saturated rings. The number of amides is 1. The molecule has 7 heteroatoms. The van der Waals surface area contributed by atoms with Crippen molar-refractivity contribution in [2.75, 3.05) is 12.4 Å². The lowest BCUT2D eigenvalue weighted by Gasteiger charge is -2.06. The third-order valence-corrected chi connectivity index (χ3v) is 4.67. The number of aromatic nitrogens is 1. The molecule has 1 heterocycles. The number of hydrogen-bond donors (Lipinski definition) is 1. The monoisotopic (exact) mass is 370 g/mol. The molecule has 0 aliphatic heterocycles. The molecular formula is C14H15BrN2O3S. The van der Waals surface area contributed by atoms with Crippen molar-refractivity contribution in [3.63, 3.8) is 0 Å². The van der Waals surface area contributed by atoms with Crippen molar-refractivity contribution >= 4 is 54.5 Å². The number of carbonyl (C=O) groups excluding carboxylic acids is 2. The molecule has 0 aliphatic rings. The van der Waals surface area contributed by atoms with Crippen molar-refractivity contribution in [1.29, 1.82) is 0 Å². The van der Waals surface area contributed by atoms with Gasteiger partial charge in [0.05, 0.1) is 27.7 Å². The summed E-state index contributed by atoms with van der Waals surface area (Å²) in [5.41, 5.74) is 1.21. The highest BCUT2D eigenvalue weighted by Gasteiger charge is 2.16. The summed E-state index contributed by atoms with van der Waals surface area (Å²) >= 11 is 4.68. The van der Waals surface area contributed by atoms with Gasteiger partial charge in [0.25, 0.3) is 0 Å². The van der Waals surface area contributed by atoms with Crippen LogP contribution in [0.1, 0.15) is 30.1 Å². The molecule has 5 nitrogen and oxygen atoms in total. The first-order valence-corrected chi connectivity index (χ1v) is 8.22. The van der Waals surface area contributed by atoms with E-state index in [9.17, 15) is 9.59 Å². The number of halogens is 1. The molecule has 0 saturated carbocycles. The highest BCUT2D eigenvalue weighted by Crippen LogP contribution is 2.27. The summed E-state index contributed by atoms with van der Waals surface area (Å²) in [6.45, 7) is 2.02. The second kappa shape index (κ2) is 7.00. The molecule has 0 aliphatic carbocycles. The summed E-state index contributed by atoms with van der Waals surface area (Å²) in [5.74, 6) is -0.497. The topological polar surface area (TPSA) is 68.3 Å². The van der Waals surface area contributed by atoms with Gasteiger partial charge in [-0.1, -0.05) is 40.6 Å². The zero-order chi connectivity index (χ0) is 15.4. The number of ether oxygens (including phenoxy) is 1. The average Bonchev–Trinajstić information content (AvgIpc) is 2.87. The molecule has 2 rings (SSSR count). The quantitative estimate of drug-likeness (QED) is 0.644. The Kier molecular flexibility index (Phi) is 5.30. The summed E-state index contributed by atoms with van der Waals surface area (Å²) in [4.78, 5) is 27.5. The summed E-state index contributed by atoms with van der Waals surface area (Å²) in [6, 6.07) is 5.11. The second-order valence-corrected chi connectivity index (χ2v) is 6.57. The fourth-order valence-electron chi connectivity index (χ4n) is 1.79. The highest BCUT2D eigenvalue weighted by atomic mass is 79.9. The van der Waals surface area contributed by atoms with Gasteiger partial charge in [-0.3, -0.25) is 4.79 Å². The number of anilines is 1. The molecule has 0 spiro atoms. The SMILES string of the molecule is CCC[C@@H](Br)C(=O)Nc1nc2ccc(C(=O)OC)cc2s1. The van der Waals surface area contributed by atoms with E-state index in [4.69, 9.17) is 0 Å². The summed E-state index contributed by atoms with van der Waals surface area (Å²) in [5, 5.41) is 3.31. The molecule has 2 aromatic rings.